The normalized spacial score (nSPS) is 19.4. The summed E-state index contributed by atoms with van der Waals surface area (Å²) >= 11 is 12.3. The highest BCUT2D eigenvalue weighted by Crippen LogP contribution is 2.37. The molecule has 2 aromatic carbocycles. The van der Waals surface area contributed by atoms with Gasteiger partial charge in [-0.1, -0.05) is 47.5 Å². The summed E-state index contributed by atoms with van der Waals surface area (Å²) in [5, 5.41) is 0.743. The number of hydrogen-bond acceptors (Lipinski definition) is 2. The van der Waals surface area contributed by atoms with Gasteiger partial charge in [0.25, 0.3) is 0 Å². The minimum absolute atomic E-state index is 0.000972. The Kier molecular flexibility index (Phi) is 4.18. The van der Waals surface area contributed by atoms with Crippen molar-refractivity contribution in [1.29, 1.82) is 0 Å². The second kappa shape index (κ2) is 6.36. The fourth-order valence-corrected chi connectivity index (χ4v) is 3.99. The van der Waals surface area contributed by atoms with E-state index in [9.17, 15) is 9.59 Å². The lowest BCUT2D eigenvalue weighted by Gasteiger charge is -2.22. The fourth-order valence-electron chi connectivity index (χ4n) is 3.59. The van der Waals surface area contributed by atoms with Gasteiger partial charge in [0.2, 0.25) is 11.8 Å². The second-order valence-electron chi connectivity index (χ2n) is 6.35. The van der Waals surface area contributed by atoms with E-state index in [-0.39, 0.29) is 24.2 Å². The molecule has 0 saturated carbocycles. The molecule has 128 valence electrons. The van der Waals surface area contributed by atoms with Crippen molar-refractivity contribution in [3.05, 3.63) is 58.1 Å². The molecule has 2 amide bonds. The molecule has 0 spiro atoms. The third-order valence-corrected chi connectivity index (χ3v) is 5.66. The maximum Gasteiger partial charge on any atom is 0.232 e. The quantitative estimate of drug-likeness (QED) is 0.798. The predicted molar refractivity (Wildman–Crippen MR) is 99.4 cm³/mol. The molecule has 1 saturated heterocycles. The monoisotopic (exact) mass is 374 g/mol. The number of halogens is 2. The van der Waals surface area contributed by atoms with E-state index in [4.69, 9.17) is 23.2 Å². The molecule has 4 nitrogen and oxygen atoms in total. The SMILES string of the molecule is O=C(C1CC(=O)N(c2cccc(Cl)c2Cl)C1)N1CCc2ccccc21. The zero-order chi connectivity index (χ0) is 17.6. The Bertz CT molecular complexity index is 868. The van der Waals surface area contributed by atoms with E-state index in [1.165, 1.54) is 5.56 Å². The van der Waals surface area contributed by atoms with Crippen LogP contribution in [0.15, 0.2) is 42.5 Å². The molecule has 0 radical (unpaired) electrons. The van der Waals surface area contributed by atoms with Gasteiger partial charge in [-0.3, -0.25) is 9.59 Å². The van der Waals surface area contributed by atoms with E-state index in [1.54, 1.807) is 28.0 Å². The smallest absolute Gasteiger partial charge is 0.232 e. The maximum absolute atomic E-state index is 13.0. The van der Waals surface area contributed by atoms with Crippen LogP contribution in [0.1, 0.15) is 12.0 Å². The van der Waals surface area contributed by atoms with Crippen LogP contribution in [0.5, 0.6) is 0 Å². The number of carbonyl (C=O) groups is 2. The first kappa shape index (κ1) is 16.4. The number of amides is 2. The minimum atomic E-state index is -0.367. The van der Waals surface area contributed by atoms with E-state index >= 15 is 0 Å². The summed E-state index contributed by atoms with van der Waals surface area (Å²) in [5.41, 5.74) is 2.70. The highest BCUT2D eigenvalue weighted by atomic mass is 35.5. The van der Waals surface area contributed by atoms with Crippen molar-refractivity contribution in [1.82, 2.24) is 0 Å². The topological polar surface area (TPSA) is 40.6 Å². The Morgan fingerprint density at radius 3 is 2.64 bits per heavy atom. The first-order valence-corrected chi connectivity index (χ1v) is 8.95. The largest absolute Gasteiger partial charge is 0.312 e. The average molecular weight is 375 g/mol. The number of carbonyl (C=O) groups excluding carboxylic acids is 2. The standard InChI is InChI=1S/C19H16Cl2N2O2/c20-14-5-3-7-16(18(14)21)23-11-13(10-17(23)24)19(25)22-9-8-12-4-1-2-6-15(12)22/h1-7,13H,8-11H2. The van der Waals surface area contributed by atoms with Gasteiger partial charge in [0.05, 0.1) is 21.7 Å². The van der Waals surface area contributed by atoms with Crippen LogP contribution in [0.25, 0.3) is 0 Å². The summed E-state index contributed by atoms with van der Waals surface area (Å²) < 4.78 is 0. The number of para-hydroxylation sites is 1. The van der Waals surface area contributed by atoms with Gasteiger partial charge in [-0.25, -0.2) is 0 Å². The average Bonchev–Trinajstić information content (AvgIpc) is 3.21. The Labute approximate surface area is 155 Å². The van der Waals surface area contributed by atoms with Crippen molar-refractivity contribution in [3.8, 4) is 0 Å². The number of fused-ring (bicyclic) bond motifs is 1. The van der Waals surface area contributed by atoms with Crippen molar-refractivity contribution in [2.75, 3.05) is 22.9 Å². The van der Waals surface area contributed by atoms with Crippen LogP contribution in [0.4, 0.5) is 11.4 Å². The summed E-state index contributed by atoms with van der Waals surface area (Å²) in [7, 11) is 0. The fraction of sp³-hybridized carbons (Fsp3) is 0.263. The lowest BCUT2D eigenvalue weighted by atomic mass is 10.1. The lowest BCUT2D eigenvalue weighted by Crippen LogP contribution is -2.36. The van der Waals surface area contributed by atoms with Gasteiger partial charge in [-0.15, -0.1) is 0 Å². The van der Waals surface area contributed by atoms with Crippen molar-refractivity contribution in [2.45, 2.75) is 12.8 Å². The Balaban J connectivity index is 1.57. The Morgan fingerprint density at radius 1 is 1.04 bits per heavy atom. The number of anilines is 2. The first-order valence-electron chi connectivity index (χ1n) is 8.20. The Morgan fingerprint density at radius 2 is 1.80 bits per heavy atom. The van der Waals surface area contributed by atoms with Gasteiger partial charge in [0, 0.05) is 25.2 Å². The predicted octanol–water partition coefficient (Wildman–Crippen LogP) is 3.94. The van der Waals surface area contributed by atoms with Gasteiger partial charge < -0.3 is 9.80 Å². The third-order valence-electron chi connectivity index (χ3n) is 4.85. The number of nitrogens with zero attached hydrogens (tertiary/aromatic N) is 2. The molecule has 2 aliphatic heterocycles. The molecule has 2 aliphatic rings. The van der Waals surface area contributed by atoms with E-state index in [2.05, 4.69) is 0 Å². The summed E-state index contributed by atoms with van der Waals surface area (Å²) in [6.07, 6.45) is 1.05. The van der Waals surface area contributed by atoms with Crippen LogP contribution in [0, 0.1) is 5.92 Å². The number of hydrogen-bond donors (Lipinski definition) is 0. The summed E-state index contributed by atoms with van der Waals surface area (Å²) in [6, 6.07) is 13.1. The van der Waals surface area contributed by atoms with Gasteiger partial charge in [-0.05, 0) is 30.2 Å². The van der Waals surface area contributed by atoms with E-state index in [0.717, 1.165) is 12.1 Å². The summed E-state index contributed by atoms with van der Waals surface area (Å²) in [5.74, 6) is -0.470. The van der Waals surface area contributed by atoms with Gasteiger partial charge in [0.1, 0.15) is 0 Å². The molecule has 4 rings (SSSR count). The summed E-state index contributed by atoms with van der Waals surface area (Å²) in [6.45, 7) is 0.997. The molecule has 25 heavy (non-hydrogen) atoms. The minimum Gasteiger partial charge on any atom is -0.312 e. The zero-order valence-electron chi connectivity index (χ0n) is 13.4. The molecule has 6 heteroatoms. The third kappa shape index (κ3) is 2.79. The van der Waals surface area contributed by atoms with Crippen LogP contribution < -0.4 is 9.80 Å². The molecule has 0 bridgehead atoms. The maximum atomic E-state index is 13.0. The van der Waals surface area contributed by atoms with Gasteiger partial charge in [-0.2, -0.15) is 0 Å². The van der Waals surface area contributed by atoms with Crippen molar-refractivity contribution >= 4 is 46.4 Å². The van der Waals surface area contributed by atoms with Crippen molar-refractivity contribution in [2.24, 2.45) is 5.92 Å². The Hall–Kier alpha value is -2.04. The second-order valence-corrected chi connectivity index (χ2v) is 7.13. The molecule has 1 atom stereocenters. The van der Waals surface area contributed by atoms with Crippen LogP contribution in [-0.2, 0) is 16.0 Å². The van der Waals surface area contributed by atoms with E-state index < -0.39 is 0 Å². The molecule has 2 aromatic rings. The molecule has 0 N–H and O–H groups in total. The zero-order valence-corrected chi connectivity index (χ0v) is 14.9. The molecular formula is C19H16Cl2N2O2. The molecule has 0 aliphatic carbocycles. The van der Waals surface area contributed by atoms with Gasteiger partial charge in [0.15, 0.2) is 0 Å². The van der Waals surface area contributed by atoms with Crippen LogP contribution in [-0.4, -0.2) is 24.9 Å². The lowest BCUT2D eigenvalue weighted by molar-refractivity contribution is -0.124. The molecular weight excluding hydrogens is 359 g/mol. The first-order chi connectivity index (χ1) is 12.1. The molecule has 2 heterocycles. The van der Waals surface area contributed by atoms with Crippen molar-refractivity contribution < 1.29 is 9.59 Å². The molecule has 1 fully saturated rings. The van der Waals surface area contributed by atoms with Gasteiger partial charge >= 0.3 is 0 Å². The van der Waals surface area contributed by atoms with Crippen LogP contribution in [0.2, 0.25) is 10.0 Å². The van der Waals surface area contributed by atoms with E-state index in [1.807, 2.05) is 24.3 Å². The molecule has 1 unspecified atom stereocenters. The number of benzene rings is 2. The van der Waals surface area contributed by atoms with Crippen molar-refractivity contribution in [3.63, 3.8) is 0 Å². The van der Waals surface area contributed by atoms with Crippen LogP contribution in [0.3, 0.4) is 0 Å². The highest BCUT2D eigenvalue weighted by molar-refractivity contribution is 6.44. The molecule has 0 aromatic heterocycles. The summed E-state index contributed by atoms with van der Waals surface area (Å²) in [4.78, 5) is 28.8. The highest BCUT2D eigenvalue weighted by Gasteiger charge is 2.39. The van der Waals surface area contributed by atoms with E-state index in [0.29, 0.717) is 28.8 Å². The number of rotatable bonds is 2. The van der Waals surface area contributed by atoms with Crippen LogP contribution >= 0.6 is 23.2 Å².